The van der Waals surface area contributed by atoms with E-state index in [2.05, 4.69) is 0 Å². The van der Waals surface area contributed by atoms with Gasteiger partial charge in [-0.2, -0.15) is 0 Å². The zero-order valence-corrected chi connectivity index (χ0v) is 22.5. The molecule has 0 bridgehead atoms. The van der Waals surface area contributed by atoms with Gasteiger partial charge in [0.1, 0.15) is 24.4 Å². The number of aliphatic hydroxyl groups excluding tert-OH is 1. The summed E-state index contributed by atoms with van der Waals surface area (Å²) < 4.78 is 25.5. The van der Waals surface area contributed by atoms with Gasteiger partial charge in [0.25, 0.3) is 0 Å². The lowest BCUT2D eigenvalue weighted by molar-refractivity contribution is -0.173. The van der Waals surface area contributed by atoms with Crippen LogP contribution in [0.2, 0.25) is 0 Å². The van der Waals surface area contributed by atoms with Crippen LogP contribution >= 0.6 is 0 Å². The molecule has 4 aromatic carbocycles. The molecule has 0 amide bonds. The van der Waals surface area contributed by atoms with E-state index in [-0.39, 0.29) is 0 Å². The van der Waals surface area contributed by atoms with Crippen LogP contribution in [0.4, 0.5) is 0 Å². The summed E-state index contributed by atoms with van der Waals surface area (Å²) in [7, 11) is 0. The normalized spacial score (nSPS) is 20.7. The number of hydrogen-bond donors (Lipinski definition) is 1. The molecule has 0 aromatic heterocycles. The Labute approximate surface area is 236 Å². The maximum Gasteiger partial charge on any atom is 0.117 e. The summed E-state index contributed by atoms with van der Waals surface area (Å²) >= 11 is 0. The summed E-state index contributed by atoms with van der Waals surface area (Å²) in [5.41, 5.74) is 5.05. The number of rotatable bonds is 13. The molecule has 0 spiro atoms. The molecule has 1 aliphatic carbocycles. The van der Waals surface area contributed by atoms with Crippen molar-refractivity contribution >= 4 is 0 Å². The van der Waals surface area contributed by atoms with Gasteiger partial charge < -0.3 is 24.1 Å². The Kier molecular flexibility index (Phi) is 10.3. The zero-order valence-electron chi connectivity index (χ0n) is 22.5. The van der Waals surface area contributed by atoms with Crippen LogP contribution in [0.3, 0.4) is 0 Å². The van der Waals surface area contributed by atoms with E-state index in [1.165, 1.54) is 0 Å². The molecule has 0 aliphatic heterocycles. The molecular weight excluding hydrogens is 500 g/mol. The Morgan fingerprint density at radius 2 is 0.850 bits per heavy atom. The number of aliphatic hydroxyl groups is 1. The number of benzene rings is 4. The van der Waals surface area contributed by atoms with Crippen LogP contribution in [0.15, 0.2) is 133 Å². The molecule has 1 aliphatic rings. The van der Waals surface area contributed by atoms with E-state index in [1.54, 1.807) is 0 Å². The quantitative estimate of drug-likeness (QED) is 0.204. The molecule has 4 aromatic rings. The molecule has 5 rings (SSSR count). The lowest BCUT2D eigenvalue weighted by atomic mass is 9.89. The monoisotopic (exact) mass is 536 g/mol. The van der Waals surface area contributed by atoms with Crippen molar-refractivity contribution in [3.05, 3.63) is 155 Å². The fourth-order valence-electron chi connectivity index (χ4n) is 4.85. The molecule has 5 nitrogen and oxygen atoms in total. The predicted octanol–water partition coefficient (Wildman–Crippen LogP) is 6.26. The maximum absolute atomic E-state index is 11.3. The molecule has 40 heavy (non-hydrogen) atoms. The standard InChI is InChI=1S/C35H36O5/c36-32-21-31(26-37-22-27-13-5-1-6-14-27)33(38-23-28-15-7-2-8-16-28)35(40-25-30-19-11-4-12-20-30)34(32)39-24-29-17-9-3-10-18-29/h1-21,32-36H,22-26H2/t32-,33-,34+,35+/m1/s1. The van der Waals surface area contributed by atoms with E-state index in [4.69, 9.17) is 18.9 Å². The van der Waals surface area contributed by atoms with Crippen LogP contribution in [0.1, 0.15) is 22.3 Å². The summed E-state index contributed by atoms with van der Waals surface area (Å²) in [6, 6.07) is 40.1. The first-order chi connectivity index (χ1) is 19.8. The SMILES string of the molecule is O[C@@H]1C=C(COCc2ccccc2)[C@@H](OCc2ccccc2)[C@H](OCc2ccccc2)[C@H]1OCc1ccccc1. The van der Waals surface area contributed by atoms with E-state index in [9.17, 15) is 5.11 Å². The van der Waals surface area contributed by atoms with Crippen LogP contribution < -0.4 is 0 Å². The average molecular weight is 537 g/mol. The van der Waals surface area contributed by atoms with Crippen LogP contribution in [0, 0.1) is 0 Å². The van der Waals surface area contributed by atoms with E-state index >= 15 is 0 Å². The molecule has 0 saturated carbocycles. The molecule has 0 unspecified atom stereocenters. The topological polar surface area (TPSA) is 57.2 Å². The Morgan fingerprint density at radius 1 is 0.450 bits per heavy atom. The lowest BCUT2D eigenvalue weighted by Crippen LogP contribution is -2.52. The van der Waals surface area contributed by atoms with Gasteiger partial charge in [0.05, 0.1) is 33.0 Å². The Bertz CT molecular complexity index is 1290. The highest BCUT2D eigenvalue weighted by molar-refractivity contribution is 5.24. The van der Waals surface area contributed by atoms with Crippen molar-refractivity contribution in [1.29, 1.82) is 0 Å². The first-order valence-corrected chi connectivity index (χ1v) is 13.7. The summed E-state index contributed by atoms with van der Waals surface area (Å²) in [4.78, 5) is 0. The summed E-state index contributed by atoms with van der Waals surface area (Å²) in [5, 5.41) is 11.3. The Hall–Kier alpha value is -3.58. The minimum atomic E-state index is -0.878. The molecule has 0 saturated heterocycles. The largest absolute Gasteiger partial charge is 0.386 e. The molecule has 4 atom stereocenters. The summed E-state index contributed by atoms with van der Waals surface area (Å²) in [5.74, 6) is 0. The van der Waals surface area contributed by atoms with Crippen molar-refractivity contribution in [2.75, 3.05) is 6.61 Å². The first-order valence-electron chi connectivity index (χ1n) is 13.7. The second-order valence-electron chi connectivity index (χ2n) is 9.95. The molecule has 5 heteroatoms. The van der Waals surface area contributed by atoms with Gasteiger partial charge in [0.15, 0.2) is 0 Å². The van der Waals surface area contributed by atoms with Gasteiger partial charge in [-0.15, -0.1) is 0 Å². The third-order valence-corrected chi connectivity index (χ3v) is 6.93. The van der Waals surface area contributed by atoms with Crippen LogP contribution in [-0.2, 0) is 45.4 Å². The van der Waals surface area contributed by atoms with Crippen molar-refractivity contribution in [1.82, 2.24) is 0 Å². The van der Waals surface area contributed by atoms with Crippen LogP contribution in [-0.4, -0.2) is 36.1 Å². The van der Waals surface area contributed by atoms with Crippen molar-refractivity contribution in [3.63, 3.8) is 0 Å². The van der Waals surface area contributed by atoms with Crippen LogP contribution in [0.5, 0.6) is 0 Å². The molecular formula is C35H36O5. The van der Waals surface area contributed by atoms with E-state index < -0.39 is 24.4 Å². The maximum atomic E-state index is 11.3. The minimum absolute atomic E-state index is 0.308. The molecule has 0 radical (unpaired) electrons. The molecule has 206 valence electrons. The van der Waals surface area contributed by atoms with Gasteiger partial charge in [-0.3, -0.25) is 0 Å². The summed E-state index contributed by atoms with van der Waals surface area (Å²) in [6.45, 7) is 1.89. The van der Waals surface area contributed by atoms with E-state index in [0.717, 1.165) is 27.8 Å². The Morgan fingerprint density at radius 3 is 1.32 bits per heavy atom. The van der Waals surface area contributed by atoms with Gasteiger partial charge in [0.2, 0.25) is 0 Å². The van der Waals surface area contributed by atoms with Crippen molar-refractivity contribution in [2.24, 2.45) is 0 Å². The smallest absolute Gasteiger partial charge is 0.117 e. The number of ether oxygens (including phenoxy) is 4. The fourth-order valence-corrected chi connectivity index (χ4v) is 4.85. The highest BCUT2D eigenvalue weighted by Crippen LogP contribution is 2.30. The lowest BCUT2D eigenvalue weighted by Gasteiger charge is -2.40. The third kappa shape index (κ3) is 7.98. The second-order valence-corrected chi connectivity index (χ2v) is 9.95. The highest BCUT2D eigenvalue weighted by Gasteiger charge is 2.42. The summed E-state index contributed by atoms with van der Waals surface area (Å²) in [6.07, 6.45) is -0.704. The van der Waals surface area contributed by atoms with Crippen LogP contribution in [0.25, 0.3) is 0 Å². The van der Waals surface area contributed by atoms with E-state index in [0.29, 0.717) is 33.0 Å². The average Bonchev–Trinajstić information content (AvgIpc) is 3.01. The third-order valence-electron chi connectivity index (χ3n) is 6.93. The van der Waals surface area contributed by atoms with Gasteiger partial charge in [-0.25, -0.2) is 0 Å². The Balaban J connectivity index is 1.38. The zero-order chi connectivity index (χ0) is 27.4. The number of hydrogen-bond acceptors (Lipinski definition) is 5. The minimum Gasteiger partial charge on any atom is -0.386 e. The first kappa shape index (κ1) is 28.0. The van der Waals surface area contributed by atoms with Gasteiger partial charge >= 0.3 is 0 Å². The predicted molar refractivity (Wildman–Crippen MR) is 155 cm³/mol. The second kappa shape index (κ2) is 14.7. The molecule has 1 N–H and O–H groups in total. The van der Waals surface area contributed by atoms with Crippen molar-refractivity contribution in [2.45, 2.75) is 50.8 Å². The van der Waals surface area contributed by atoms with Crippen molar-refractivity contribution < 1.29 is 24.1 Å². The van der Waals surface area contributed by atoms with Gasteiger partial charge in [-0.05, 0) is 33.9 Å². The van der Waals surface area contributed by atoms with Crippen molar-refractivity contribution in [3.8, 4) is 0 Å². The molecule has 0 heterocycles. The van der Waals surface area contributed by atoms with Gasteiger partial charge in [-0.1, -0.05) is 121 Å². The van der Waals surface area contributed by atoms with E-state index in [1.807, 2.05) is 127 Å². The van der Waals surface area contributed by atoms with Gasteiger partial charge in [0, 0.05) is 0 Å². The molecule has 0 fully saturated rings. The fraction of sp³-hybridized carbons (Fsp3) is 0.257. The highest BCUT2D eigenvalue weighted by atomic mass is 16.6.